The van der Waals surface area contributed by atoms with Gasteiger partial charge in [-0.3, -0.25) is 19.8 Å². The molecule has 2 N–H and O–H groups in total. The third-order valence-corrected chi connectivity index (χ3v) is 4.70. The molecule has 0 bridgehead atoms. The van der Waals surface area contributed by atoms with Crippen molar-refractivity contribution in [1.29, 1.82) is 0 Å². The number of nitrogens with zero attached hydrogens (tertiary/aromatic N) is 2. The lowest BCUT2D eigenvalue weighted by atomic mass is 9.95. The van der Waals surface area contributed by atoms with E-state index in [2.05, 4.69) is 10.6 Å². The van der Waals surface area contributed by atoms with Crippen molar-refractivity contribution in [3.8, 4) is 0 Å². The smallest absolute Gasteiger partial charge is 0.321 e. The maximum Gasteiger partial charge on any atom is 0.321 e. The standard InChI is InChI=1S/C19H28N4O3/c1-14(23-11-7-10-16(13-23)18(25)22(2)3)17(24)21-19(26)20-12-15-8-5-4-6-9-15/h4-6,8-9,14,16H,7,10-13H2,1-3H3,(H2,20,21,24,26). The number of likely N-dealkylation sites (tertiary alicyclic amines) is 1. The van der Waals surface area contributed by atoms with Crippen LogP contribution in [-0.4, -0.2) is 60.9 Å². The summed E-state index contributed by atoms with van der Waals surface area (Å²) < 4.78 is 0. The predicted octanol–water partition coefficient (Wildman–Crippen LogP) is 1.20. The molecule has 7 nitrogen and oxygen atoms in total. The third-order valence-electron chi connectivity index (χ3n) is 4.70. The number of imide groups is 1. The number of carbonyl (C=O) groups excluding carboxylic acids is 3. The zero-order chi connectivity index (χ0) is 19.1. The highest BCUT2D eigenvalue weighted by Gasteiger charge is 2.31. The Morgan fingerprint density at radius 3 is 2.58 bits per heavy atom. The van der Waals surface area contributed by atoms with Crippen LogP contribution in [0.1, 0.15) is 25.3 Å². The molecule has 26 heavy (non-hydrogen) atoms. The number of benzene rings is 1. The van der Waals surface area contributed by atoms with Crippen LogP contribution in [0.3, 0.4) is 0 Å². The predicted molar refractivity (Wildman–Crippen MR) is 99.3 cm³/mol. The number of piperidine rings is 1. The van der Waals surface area contributed by atoms with Crippen LogP contribution in [0.15, 0.2) is 30.3 Å². The molecule has 1 aromatic rings. The van der Waals surface area contributed by atoms with E-state index < -0.39 is 12.1 Å². The molecule has 0 aromatic heterocycles. The highest BCUT2D eigenvalue weighted by Crippen LogP contribution is 2.20. The zero-order valence-corrected chi connectivity index (χ0v) is 15.7. The van der Waals surface area contributed by atoms with Crippen LogP contribution in [0, 0.1) is 5.92 Å². The Kier molecular flexibility index (Phi) is 7.15. The van der Waals surface area contributed by atoms with Gasteiger partial charge in [-0.1, -0.05) is 30.3 Å². The summed E-state index contributed by atoms with van der Waals surface area (Å²) in [6.45, 7) is 3.41. The summed E-state index contributed by atoms with van der Waals surface area (Å²) in [5.41, 5.74) is 0.962. The number of rotatable bonds is 5. The molecule has 1 fully saturated rings. The minimum absolute atomic E-state index is 0.0860. The van der Waals surface area contributed by atoms with Crippen LogP contribution in [-0.2, 0) is 16.1 Å². The van der Waals surface area contributed by atoms with Crippen LogP contribution in [0.4, 0.5) is 4.79 Å². The van der Waals surface area contributed by atoms with Gasteiger partial charge >= 0.3 is 6.03 Å². The lowest BCUT2D eigenvalue weighted by molar-refractivity contribution is -0.136. The fourth-order valence-corrected chi connectivity index (χ4v) is 3.13. The van der Waals surface area contributed by atoms with Crippen molar-refractivity contribution in [2.75, 3.05) is 27.2 Å². The molecule has 2 rings (SSSR count). The summed E-state index contributed by atoms with van der Waals surface area (Å²) in [6, 6.07) is 8.52. The second-order valence-electron chi connectivity index (χ2n) is 6.90. The second-order valence-corrected chi connectivity index (χ2v) is 6.90. The van der Waals surface area contributed by atoms with Gasteiger partial charge < -0.3 is 10.2 Å². The molecule has 0 radical (unpaired) electrons. The summed E-state index contributed by atoms with van der Waals surface area (Å²) in [4.78, 5) is 40.0. The second kappa shape index (κ2) is 9.33. The largest absolute Gasteiger partial charge is 0.349 e. The Morgan fingerprint density at radius 1 is 1.23 bits per heavy atom. The van der Waals surface area contributed by atoms with Crippen molar-refractivity contribution in [3.63, 3.8) is 0 Å². The van der Waals surface area contributed by atoms with Crippen molar-refractivity contribution < 1.29 is 14.4 Å². The van der Waals surface area contributed by atoms with Crippen LogP contribution in [0.25, 0.3) is 0 Å². The molecule has 4 amide bonds. The molecular weight excluding hydrogens is 332 g/mol. The van der Waals surface area contributed by atoms with Crippen molar-refractivity contribution in [3.05, 3.63) is 35.9 Å². The van der Waals surface area contributed by atoms with Gasteiger partial charge in [0.1, 0.15) is 0 Å². The zero-order valence-electron chi connectivity index (χ0n) is 15.7. The SMILES string of the molecule is CC(C(=O)NC(=O)NCc1ccccc1)N1CCCC(C(=O)N(C)C)C1. The Balaban J connectivity index is 1.82. The number of nitrogens with one attached hydrogen (secondary N) is 2. The van der Waals surface area contributed by atoms with E-state index in [1.165, 1.54) is 0 Å². The average Bonchev–Trinajstić information content (AvgIpc) is 2.66. The minimum Gasteiger partial charge on any atom is -0.349 e. The molecule has 1 heterocycles. The lowest BCUT2D eigenvalue weighted by Crippen LogP contribution is -2.53. The van der Waals surface area contributed by atoms with Gasteiger partial charge in [0, 0.05) is 27.2 Å². The van der Waals surface area contributed by atoms with E-state index in [0.717, 1.165) is 24.9 Å². The molecule has 1 aromatic carbocycles. The van der Waals surface area contributed by atoms with Crippen LogP contribution in [0.2, 0.25) is 0 Å². The number of amides is 4. The Bertz CT molecular complexity index is 633. The van der Waals surface area contributed by atoms with E-state index in [1.54, 1.807) is 25.9 Å². The summed E-state index contributed by atoms with van der Waals surface area (Å²) >= 11 is 0. The van der Waals surface area contributed by atoms with Crippen LogP contribution in [0.5, 0.6) is 0 Å². The fraction of sp³-hybridized carbons (Fsp3) is 0.526. The fourth-order valence-electron chi connectivity index (χ4n) is 3.13. The molecule has 2 atom stereocenters. The van der Waals surface area contributed by atoms with Crippen molar-refractivity contribution in [2.24, 2.45) is 5.92 Å². The normalized spacial score (nSPS) is 18.7. The quantitative estimate of drug-likeness (QED) is 0.827. The number of hydrogen-bond donors (Lipinski definition) is 2. The maximum absolute atomic E-state index is 12.4. The van der Waals surface area contributed by atoms with Crippen LogP contribution >= 0.6 is 0 Å². The number of urea groups is 1. The van der Waals surface area contributed by atoms with Gasteiger partial charge in [-0.05, 0) is 31.9 Å². The molecule has 0 spiro atoms. The maximum atomic E-state index is 12.4. The summed E-state index contributed by atoms with van der Waals surface area (Å²) in [5.74, 6) is -0.364. The Hall–Kier alpha value is -2.41. The molecule has 2 unspecified atom stereocenters. The highest BCUT2D eigenvalue weighted by atomic mass is 16.2. The van der Waals surface area contributed by atoms with Crippen LogP contribution < -0.4 is 10.6 Å². The highest BCUT2D eigenvalue weighted by molar-refractivity contribution is 5.96. The van der Waals surface area contributed by atoms with Crippen molar-refractivity contribution in [1.82, 2.24) is 20.4 Å². The first-order valence-electron chi connectivity index (χ1n) is 8.96. The Labute approximate surface area is 154 Å². The summed E-state index contributed by atoms with van der Waals surface area (Å²) in [5, 5.41) is 5.07. The molecule has 1 aliphatic heterocycles. The summed E-state index contributed by atoms with van der Waals surface area (Å²) in [6.07, 6.45) is 1.70. The van der Waals surface area contributed by atoms with E-state index in [1.807, 2.05) is 35.2 Å². The van der Waals surface area contributed by atoms with E-state index in [-0.39, 0.29) is 17.7 Å². The third kappa shape index (κ3) is 5.56. The minimum atomic E-state index is -0.511. The first-order chi connectivity index (χ1) is 12.4. The van der Waals surface area contributed by atoms with Gasteiger partial charge in [-0.25, -0.2) is 4.79 Å². The van der Waals surface area contributed by atoms with Crippen molar-refractivity contribution >= 4 is 17.8 Å². The molecule has 0 saturated carbocycles. The van der Waals surface area contributed by atoms with E-state index in [9.17, 15) is 14.4 Å². The van der Waals surface area contributed by atoms with Gasteiger partial charge in [0.2, 0.25) is 11.8 Å². The molecule has 1 saturated heterocycles. The van der Waals surface area contributed by atoms with E-state index in [0.29, 0.717) is 13.1 Å². The molecule has 142 valence electrons. The average molecular weight is 360 g/mol. The first-order valence-corrected chi connectivity index (χ1v) is 8.96. The van der Waals surface area contributed by atoms with Gasteiger partial charge in [-0.2, -0.15) is 0 Å². The molecule has 0 aliphatic carbocycles. The number of carbonyl (C=O) groups is 3. The van der Waals surface area contributed by atoms with Gasteiger partial charge in [-0.15, -0.1) is 0 Å². The molecule has 7 heteroatoms. The summed E-state index contributed by atoms with van der Waals surface area (Å²) in [7, 11) is 3.49. The monoisotopic (exact) mass is 360 g/mol. The van der Waals surface area contributed by atoms with E-state index in [4.69, 9.17) is 0 Å². The van der Waals surface area contributed by atoms with Gasteiger partial charge in [0.05, 0.1) is 12.0 Å². The lowest BCUT2D eigenvalue weighted by Gasteiger charge is -2.36. The molecular formula is C19H28N4O3. The number of hydrogen-bond acceptors (Lipinski definition) is 4. The van der Waals surface area contributed by atoms with Gasteiger partial charge in [0.15, 0.2) is 0 Å². The van der Waals surface area contributed by atoms with Crippen molar-refractivity contribution in [2.45, 2.75) is 32.4 Å². The topological polar surface area (TPSA) is 81.8 Å². The first kappa shape index (κ1) is 19.9. The Morgan fingerprint density at radius 2 is 1.92 bits per heavy atom. The molecule has 1 aliphatic rings. The van der Waals surface area contributed by atoms with E-state index >= 15 is 0 Å². The van der Waals surface area contributed by atoms with Gasteiger partial charge in [0.25, 0.3) is 0 Å².